The van der Waals surface area contributed by atoms with E-state index in [1.165, 1.54) is 6.07 Å². The number of halogens is 1. The zero-order valence-electron chi connectivity index (χ0n) is 14.1. The summed E-state index contributed by atoms with van der Waals surface area (Å²) in [5.41, 5.74) is 1.11. The third kappa shape index (κ3) is 4.12. The zero-order chi connectivity index (χ0) is 17.0. The Morgan fingerprint density at radius 3 is 2.83 bits per heavy atom. The average Bonchev–Trinajstić information content (AvgIpc) is 3.25. The van der Waals surface area contributed by atoms with Crippen LogP contribution in [0.25, 0.3) is 0 Å². The number of nitrogens with zero attached hydrogens (tertiary/aromatic N) is 2. The molecule has 1 aromatic carbocycles. The van der Waals surface area contributed by atoms with Crippen molar-refractivity contribution in [2.24, 2.45) is 4.99 Å². The van der Waals surface area contributed by atoms with Crippen molar-refractivity contribution in [2.45, 2.75) is 38.6 Å². The second kappa shape index (κ2) is 7.30. The van der Waals surface area contributed by atoms with Gasteiger partial charge in [0, 0.05) is 29.6 Å². The standard InChI is InChI=1S/C18H23FN4S/c1-3-20-17(22-11-16-10-21-13(2)24-16)23-12-18(7-8-18)14-5-4-6-15(19)9-14/h4-6,9-10H,3,7-8,11-12H2,1-2H3,(H2,20,22,23). The van der Waals surface area contributed by atoms with Crippen LogP contribution in [0.1, 0.15) is 35.2 Å². The van der Waals surface area contributed by atoms with Gasteiger partial charge in [0.1, 0.15) is 5.82 Å². The predicted octanol–water partition coefficient (Wildman–Crippen LogP) is 3.38. The van der Waals surface area contributed by atoms with Crippen LogP contribution in [0.4, 0.5) is 4.39 Å². The van der Waals surface area contributed by atoms with E-state index in [0.717, 1.165) is 47.3 Å². The number of aliphatic imine (C=N–C) groups is 1. The molecule has 0 unspecified atom stereocenters. The summed E-state index contributed by atoms with van der Waals surface area (Å²) in [6.07, 6.45) is 4.04. The monoisotopic (exact) mass is 346 g/mol. The number of rotatable bonds is 6. The van der Waals surface area contributed by atoms with Crippen molar-refractivity contribution in [2.75, 3.05) is 13.1 Å². The summed E-state index contributed by atoms with van der Waals surface area (Å²) in [6, 6.07) is 6.95. The number of guanidine groups is 1. The Morgan fingerprint density at radius 1 is 1.38 bits per heavy atom. The van der Waals surface area contributed by atoms with Gasteiger partial charge in [-0.25, -0.2) is 14.4 Å². The number of aromatic nitrogens is 1. The first kappa shape index (κ1) is 16.9. The molecule has 0 aliphatic heterocycles. The molecule has 3 rings (SSSR count). The molecule has 1 heterocycles. The summed E-state index contributed by atoms with van der Waals surface area (Å²) in [5.74, 6) is 0.631. The lowest BCUT2D eigenvalue weighted by atomic mass is 9.96. The smallest absolute Gasteiger partial charge is 0.191 e. The fourth-order valence-electron chi connectivity index (χ4n) is 2.77. The molecule has 2 N–H and O–H groups in total. The maximum absolute atomic E-state index is 13.5. The molecular weight excluding hydrogens is 323 g/mol. The van der Waals surface area contributed by atoms with Gasteiger partial charge < -0.3 is 10.6 Å². The fourth-order valence-corrected chi connectivity index (χ4v) is 3.49. The van der Waals surface area contributed by atoms with Crippen LogP contribution < -0.4 is 10.6 Å². The fraction of sp³-hybridized carbons (Fsp3) is 0.444. The molecule has 6 heteroatoms. The highest BCUT2D eigenvalue weighted by molar-refractivity contribution is 7.11. The van der Waals surface area contributed by atoms with Crippen LogP contribution in [0.5, 0.6) is 0 Å². The zero-order valence-corrected chi connectivity index (χ0v) is 14.9. The van der Waals surface area contributed by atoms with Crippen LogP contribution in [-0.4, -0.2) is 24.0 Å². The third-order valence-electron chi connectivity index (χ3n) is 4.29. The molecule has 1 aromatic heterocycles. The van der Waals surface area contributed by atoms with Crippen molar-refractivity contribution >= 4 is 17.3 Å². The van der Waals surface area contributed by atoms with Crippen LogP contribution in [0, 0.1) is 12.7 Å². The SMILES string of the molecule is CCNC(=NCc1cnc(C)s1)NCC1(c2cccc(F)c2)CC1. The van der Waals surface area contributed by atoms with E-state index in [2.05, 4.69) is 20.6 Å². The minimum absolute atomic E-state index is 0.0410. The van der Waals surface area contributed by atoms with Gasteiger partial charge in [0.15, 0.2) is 5.96 Å². The van der Waals surface area contributed by atoms with E-state index in [9.17, 15) is 4.39 Å². The van der Waals surface area contributed by atoms with Crippen molar-refractivity contribution < 1.29 is 4.39 Å². The van der Waals surface area contributed by atoms with Crippen LogP contribution in [0.3, 0.4) is 0 Å². The van der Waals surface area contributed by atoms with E-state index in [1.54, 1.807) is 23.5 Å². The summed E-state index contributed by atoms with van der Waals surface area (Å²) in [4.78, 5) is 10.0. The van der Waals surface area contributed by atoms with Crippen LogP contribution in [-0.2, 0) is 12.0 Å². The highest BCUT2D eigenvalue weighted by Gasteiger charge is 2.44. The summed E-state index contributed by atoms with van der Waals surface area (Å²) >= 11 is 1.67. The number of nitrogens with one attached hydrogen (secondary N) is 2. The van der Waals surface area contributed by atoms with Crippen LogP contribution in [0.2, 0.25) is 0 Å². The molecule has 4 nitrogen and oxygen atoms in total. The lowest BCUT2D eigenvalue weighted by molar-refractivity contribution is 0.607. The Hall–Kier alpha value is -1.95. The highest BCUT2D eigenvalue weighted by Crippen LogP contribution is 2.47. The first-order chi connectivity index (χ1) is 11.6. The Morgan fingerprint density at radius 2 is 2.21 bits per heavy atom. The minimum atomic E-state index is -0.167. The summed E-state index contributed by atoms with van der Waals surface area (Å²) in [7, 11) is 0. The summed E-state index contributed by atoms with van der Waals surface area (Å²) in [5, 5.41) is 7.75. The first-order valence-electron chi connectivity index (χ1n) is 8.31. The molecule has 1 aliphatic rings. The van der Waals surface area contributed by atoms with E-state index in [1.807, 2.05) is 26.1 Å². The van der Waals surface area contributed by atoms with Crippen molar-refractivity contribution in [1.82, 2.24) is 15.6 Å². The summed E-state index contributed by atoms with van der Waals surface area (Å²) < 4.78 is 13.5. The molecule has 128 valence electrons. The average molecular weight is 346 g/mol. The van der Waals surface area contributed by atoms with Gasteiger partial charge in [-0.1, -0.05) is 12.1 Å². The molecule has 24 heavy (non-hydrogen) atoms. The van der Waals surface area contributed by atoms with Gasteiger partial charge in [0.2, 0.25) is 0 Å². The normalized spacial score (nSPS) is 16.0. The van der Waals surface area contributed by atoms with Crippen molar-refractivity contribution in [3.8, 4) is 0 Å². The topological polar surface area (TPSA) is 49.3 Å². The third-order valence-corrected chi connectivity index (χ3v) is 5.19. The van der Waals surface area contributed by atoms with Crippen LogP contribution >= 0.6 is 11.3 Å². The summed E-state index contributed by atoms with van der Waals surface area (Å²) in [6.45, 7) is 6.24. The maximum atomic E-state index is 13.5. The van der Waals surface area contributed by atoms with Gasteiger partial charge in [0.25, 0.3) is 0 Å². The largest absolute Gasteiger partial charge is 0.357 e. The van der Waals surface area contributed by atoms with Crippen molar-refractivity contribution in [1.29, 1.82) is 0 Å². The Kier molecular flexibility index (Phi) is 5.14. The molecule has 0 amide bonds. The number of aryl methyl sites for hydroxylation is 1. The molecule has 0 saturated heterocycles. The molecule has 1 fully saturated rings. The van der Waals surface area contributed by atoms with Gasteiger partial charge in [-0.2, -0.15) is 0 Å². The van der Waals surface area contributed by atoms with Gasteiger partial charge in [0.05, 0.1) is 11.6 Å². The Bertz CT molecular complexity index is 721. The number of hydrogen-bond donors (Lipinski definition) is 2. The molecule has 0 atom stereocenters. The van der Waals surface area contributed by atoms with E-state index in [0.29, 0.717) is 6.54 Å². The number of hydrogen-bond acceptors (Lipinski definition) is 3. The van der Waals surface area contributed by atoms with Gasteiger partial charge in [-0.3, -0.25) is 0 Å². The maximum Gasteiger partial charge on any atom is 0.191 e. The van der Waals surface area contributed by atoms with E-state index in [4.69, 9.17) is 0 Å². The molecule has 1 aliphatic carbocycles. The minimum Gasteiger partial charge on any atom is -0.357 e. The lowest BCUT2D eigenvalue weighted by Gasteiger charge is -2.19. The second-order valence-electron chi connectivity index (χ2n) is 6.18. The van der Waals surface area contributed by atoms with Crippen LogP contribution in [0.15, 0.2) is 35.5 Å². The first-order valence-corrected chi connectivity index (χ1v) is 9.12. The van der Waals surface area contributed by atoms with Crippen molar-refractivity contribution in [3.05, 3.63) is 51.7 Å². The van der Waals surface area contributed by atoms with E-state index in [-0.39, 0.29) is 11.2 Å². The highest BCUT2D eigenvalue weighted by atomic mass is 32.1. The molecular formula is C18H23FN4S. The molecule has 2 aromatic rings. The van der Waals surface area contributed by atoms with E-state index >= 15 is 0 Å². The quantitative estimate of drug-likeness (QED) is 0.623. The van der Waals surface area contributed by atoms with E-state index < -0.39 is 0 Å². The molecule has 1 saturated carbocycles. The molecule has 0 bridgehead atoms. The Balaban J connectivity index is 1.63. The van der Waals surface area contributed by atoms with Gasteiger partial charge in [-0.05, 0) is 44.4 Å². The molecule has 0 radical (unpaired) electrons. The van der Waals surface area contributed by atoms with Crippen molar-refractivity contribution in [3.63, 3.8) is 0 Å². The Labute approximate surface area is 146 Å². The lowest BCUT2D eigenvalue weighted by Crippen LogP contribution is -2.41. The molecule has 0 spiro atoms. The number of benzene rings is 1. The second-order valence-corrected chi connectivity index (χ2v) is 7.50. The van der Waals surface area contributed by atoms with Gasteiger partial charge in [-0.15, -0.1) is 11.3 Å². The predicted molar refractivity (Wildman–Crippen MR) is 97.0 cm³/mol. The van der Waals surface area contributed by atoms with Gasteiger partial charge >= 0.3 is 0 Å². The number of thiazole rings is 1.